The van der Waals surface area contributed by atoms with E-state index in [2.05, 4.69) is 0 Å². The minimum absolute atomic E-state index is 0.168. The number of hydrogen-bond donors (Lipinski definition) is 2. The second kappa shape index (κ2) is 3.49. The molecule has 0 aromatic heterocycles. The van der Waals surface area contributed by atoms with Gasteiger partial charge in [0, 0.05) is 12.0 Å². The van der Waals surface area contributed by atoms with E-state index in [-0.39, 0.29) is 5.56 Å². The quantitative estimate of drug-likeness (QED) is 0.762. The van der Waals surface area contributed by atoms with Crippen molar-refractivity contribution in [3.05, 3.63) is 29.3 Å². The highest BCUT2D eigenvalue weighted by atomic mass is 16.5. The van der Waals surface area contributed by atoms with Crippen molar-refractivity contribution in [2.45, 2.75) is 32.0 Å². The minimum Gasteiger partial charge on any atom is -0.487 e. The minimum atomic E-state index is -1.00. The molecule has 0 saturated heterocycles. The number of aliphatic hydroxyl groups is 1. The molecule has 16 heavy (non-hydrogen) atoms. The lowest BCUT2D eigenvalue weighted by atomic mass is 9.91. The molecular formula is C12H14O4. The van der Waals surface area contributed by atoms with Gasteiger partial charge in [-0.3, -0.25) is 0 Å². The number of aliphatic hydroxyl groups excluding tert-OH is 1. The van der Waals surface area contributed by atoms with Crippen molar-refractivity contribution in [2.75, 3.05) is 0 Å². The highest BCUT2D eigenvalue weighted by Crippen LogP contribution is 2.39. The number of ether oxygens (including phenoxy) is 1. The molecule has 0 aliphatic carbocycles. The maximum Gasteiger partial charge on any atom is 0.335 e. The van der Waals surface area contributed by atoms with Crippen LogP contribution < -0.4 is 4.74 Å². The molecule has 1 aliphatic heterocycles. The number of carbonyl (C=O) groups is 1. The normalized spacial score (nSPS) is 22.1. The van der Waals surface area contributed by atoms with E-state index < -0.39 is 17.7 Å². The third-order valence-electron chi connectivity index (χ3n) is 2.69. The Balaban J connectivity index is 2.45. The largest absolute Gasteiger partial charge is 0.487 e. The lowest BCUT2D eigenvalue weighted by molar-refractivity contribution is 0.0115. The van der Waals surface area contributed by atoms with Gasteiger partial charge in [0.1, 0.15) is 11.4 Å². The third kappa shape index (κ3) is 1.88. The lowest BCUT2D eigenvalue weighted by Crippen LogP contribution is -2.34. The monoisotopic (exact) mass is 222 g/mol. The summed E-state index contributed by atoms with van der Waals surface area (Å²) in [5.41, 5.74) is 0.303. The highest BCUT2D eigenvalue weighted by Gasteiger charge is 2.32. The number of benzene rings is 1. The van der Waals surface area contributed by atoms with Gasteiger partial charge in [0.2, 0.25) is 0 Å². The Labute approximate surface area is 93.5 Å². The number of rotatable bonds is 1. The van der Waals surface area contributed by atoms with Gasteiger partial charge >= 0.3 is 5.97 Å². The predicted molar refractivity (Wildman–Crippen MR) is 57.7 cm³/mol. The van der Waals surface area contributed by atoms with Gasteiger partial charge in [0.25, 0.3) is 0 Å². The van der Waals surface area contributed by atoms with E-state index in [1.165, 1.54) is 12.1 Å². The van der Waals surface area contributed by atoms with Crippen LogP contribution in [-0.4, -0.2) is 21.8 Å². The maximum absolute atomic E-state index is 10.8. The first-order valence-corrected chi connectivity index (χ1v) is 5.13. The molecule has 1 aliphatic rings. The molecule has 1 aromatic carbocycles. The molecule has 0 saturated carbocycles. The van der Waals surface area contributed by atoms with E-state index in [1.807, 2.05) is 13.8 Å². The van der Waals surface area contributed by atoms with Crippen molar-refractivity contribution in [2.24, 2.45) is 0 Å². The Hall–Kier alpha value is -1.55. The number of carboxylic acid groups (broad SMARTS) is 1. The summed E-state index contributed by atoms with van der Waals surface area (Å²) in [6, 6.07) is 4.55. The number of hydrogen-bond acceptors (Lipinski definition) is 3. The molecule has 1 heterocycles. The summed E-state index contributed by atoms with van der Waals surface area (Å²) < 4.78 is 5.67. The molecule has 0 radical (unpaired) electrons. The summed E-state index contributed by atoms with van der Waals surface area (Å²) in [6.45, 7) is 3.79. The van der Waals surface area contributed by atoms with E-state index in [1.54, 1.807) is 6.07 Å². The van der Waals surface area contributed by atoms with Crippen LogP contribution in [0.4, 0.5) is 0 Å². The van der Waals surface area contributed by atoms with Crippen molar-refractivity contribution >= 4 is 5.97 Å². The summed E-state index contributed by atoms with van der Waals surface area (Å²) in [7, 11) is 0. The molecule has 0 fully saturated rings. The summed E-state index contributed by atoms with van der Waals surface area (Å²) in [4.78, 5) is 10.8. The van der Waals surface area contributed by atoms with Crippen molar-refractivity contribution in [1.29, 1.82) is 0 Å². The van der Waals surface area contributed by atoms with Crippen LogP contribution in [0.1, 0.15) is 42.3 Å². The van der Waals surface area contributed by atoms with Gasteiger partial charge in [0.05, 0.1) is 11.7 Å². The van der Waals surface area contributed by atoms with Gasteiger partial charge in [-0.1, -0.05) is 0 Å². The second-order valence-corrected chi connectivity index (χ2v) is 4.64. The zero-order valence-corrected chi connectivity index (χ0v) is 9.23. The van der Waals surface area contributed by atoms with Crippen LogP contribution >= 0.6 is 0 Å². The predicted octanol–water partition coefficient (Wildman–Crippen LogP) is 1.98. The summed E-state index contributed by atoms with van der Waals surface area (Å²) in [6.07, 6.45) is -0.207. The van der Waals surface area contributed by atoms with E-state index >= 15 is 0 Å². The van der Waals surface area contributed by atoms with Crippen molar-refractivity contribution < 1.29 is 19.7 Å². The average molecular weight is 222 g/mol. The molecule has 1 atom stereocenters. The average Bonchev–Trinajstić information content (AvgIpc) is 2.15. The van der Waals surface area contributed by atoms with Crippen LogP contribution in [0, 0.1) is 0 Å². The summed E-state index contributed by atoms with van der Waals surface area (Å²) in [5.74, 6) is -0.436. The van der Waals surface area contributed by atoms with Crippen LogP contribution in [0.2, 0.25) is 0 Å². The molecule has 2 N–H and O–H groups in total. The molecule has 0 spiro atoms. The van der Waals surface area contributed by atoms with Gasteiger partial charge in [-0.25, -0.2) is 4.79 Å². The third-order valence-corrected chi connectivity index (χ3v) is 2.69. The van der Waals surface area contributed by atoms with E-state index in [0.717, 1.165) is 0 Å². The van der Waals surface area contributed by atoms with Crippen LogP contribution in [-0.2, 0) is 0 Å². The first-order valence-electron chi connectivity index (χ1n) is 5.13. The number of carboxylic acids is 1. The van der Waals surface area contributed by atoms with Crippen LogP contribution in [0.15, 0.2) is 18.2 Å². The summed E-state index contributed by atoms with van der Waals surface area (Å²) >= 11 is 0. The first-order chi connectivity index (χ1) is 7.39. The Morgan fingerprint density at radius 3 is 2.81 bits per heavy atom. The van der Waals surface area contributed by atoms with Gasteiger partial charge in [-0.2, -0.15) is 0 Å². The smallest absolute Gasteiger partial charge is 0.335 e. The standard InChI is InChI=1S/C12H14O4/c1-12(2)6-9(13)8-5-7(11(14)15)3-4-10(8)16-12/h3-5,9,13H,6H2,1-2H3,(H,14,15). The van der Waals surface area contributed by atoms with Crippen LogP contribution in [0.25, 0.3) is 0 Å². The molecule has 0 bridgehead atoms. The number of fused-ring (bicyclic) bond motifs is 1. The Kier molecular flexibility index (Phi) is 2.39. The molecule has 1 aromatic rings. The van der Waals surface area contributed by atoms with E-state index in [4.69, 9.17) is 9.84 Å². The molecule has 4 nitrogen and oxygen atoms in total. The molecular weight excluding hydrogens is 208 g/mol. The van der Waals surface area contributed by atoms with Crippen molar-refractivity contribution in [1.82, 2.24) is 0 Å². The highest BCUT2D eigenvalue weighted by molar-refractivity contribution is 5.88. The Morgan fingerprint density at radius 1 is 1.50 bits per heavy atom. The van der Waals surface area contributed by atoms with E-state index in [9.17, 15) is 9.90 Å². The topological polar surface area (TPSA) is 66.8 Å². The van der Waals surface area contributed by atoms with Crippen molar-refractivity contribution in [3.8, 4) is 5.75 Å². The Bertz CT molecular complexity index is 437. The molecule has 1 unspecified atom stereocenters. The molecule has 2 rings (SSSR count). The van der Waals surface area contributed by atoms with Gasteiger partial charge < -0.3 is 14.9 Å². The second-order valence-electron chi connectivity index (χ2n) is 4.64. The summed E-state index contributed by atoms with van der Waals surface area (Å²) in [5, 5.41) is 18.8. The Morgan fingerprint density at radius 2 is 2.19 bits per heavy atom. The van der Waals surface area contributed by atoms with Gasteiger partial charge in [-0.15, -0.1) is 0 Å². The lowest BCUT2D eigenvalue weighted by Gasteiger charge is -2.35. The maximum atomic E-state index is 10.8. The van der Waals surface area contributed by atoms with Crippen LogP contribution in [0.3, 0.4) is 0 Å². The fourth-order valence-corrected chi connectivity index (χ4v) is 1.95. The van der Waals surface area contributed by atoms with Crippen molar-refractivity contribution in [3.63, 3.8) is 0 Å². The fraction of sp³-hybridized carbons (Fsp3) is 0.417. The SMILES string of the molecule is CC1(C)CC(O)c2cc(C(=O)O)ccc2O1. The fourth-order valence-electron chi connectivity index (χ4n) is 1.95. The first kappa shape index (κ1) is 11.0. The number of aromatic carboxylic acids is 1. The molecule has 4 heteroatoms. The zero-order valence-electron chi connectivity index (χ0n) is 9.23. The zero-order chi connectivity index (χ0) is 11.9. The van der Waals surface area contributed by atoms with Gasteiger partial charge in [-0.05, 0) is 32.0 Å². The molecule has 86 valence electrons. The molecule has 0 amide bonds. The van der Waals surface area contributed by atoms with Gasteiger partial charge in [0.15, 0.2) is 0 Å². The van der Waals surface area contributed by atoms with E-state index in [0.29, 0.717) is 17.7 Å². The van der Waals surface area contributed by atoms with Crippen LogP contribution in [0.5, 0.6) is 5.75 Å².